The highest BCUT2D eigenvalue weighted by Gasteiger charge is 2.56. The van der Waals surface area contributed by atoms with E-state index in [9.17, 15) is 9.59 Å². The molecule has 0 bridgehead atoms. The van der Waals surface area contributed by atoms with E-state index < -0.39 is 5.54 Å². The third-order valence-corrected chi connectivity index (χ3v) is 6.99. The van der Waals surface area contributed by atoms with Crippen LogP contribution in [0.5, 0.6) is 5.75 Å². The summed E-state index contributed by atoms with van der Waals surface area (Å²) in [5.41, 5.74) is 1.48. The van der Waals surface area contributed by atoms with Gasteiger partial charge >= 0.3 is 6.03 Å². The van der Waals surface area contributed by atoms with E-state index in [2.05, 4.69) is 22.0 Å². The second kappa shape index (κ2) is 10.8. The lowest BCUT2D eigenvalue weighted by Crippen LogP contribution is -2.56. The number of methoxy groups -OCH3 is 1. The Hall–Kier alpha value is -3.19. The predicted molar refractivity (Wildman–Crippen MR) is 132 cm³/mol. The van der Waals surface area contributed by atoms with E-state index in [1.165, 1.54) is 4.90 Å². The Labute approximate surface area is 202 Å². The summed E-state index contributed by atoms with van der Waals surface area (Å²) in [5, 5.41) is 0. The third kappa shape index (κ3) is 4.85. The molecule has 2 fully saturated rings. The van der Waals surface area contributed by atoms with Crippen LogP contribution in [0.15, 0.2) is 54.9 Å². The summed E-state index contributed by atoms with van der Waals surface area (Å²) in [6.45, 7) is 5.35. The first-order valence-corrected chi connectivity index (χ1v) is 12.1. The van der Waals surface area contributed by atoms with Crippen LogP contribution in [0.4, 0.5) is 4.79 Å². The highest BCUT2D eigenvalue weighted by atomic mass is 16.5. The van der Waals surface area contributed by atoms with Crippen LogP contribution in [0.1, 0.15) is 37.3 Å². The van der Waals surface area contributed by atoms with Crippen LogP contribution in [0.25, 0.3) is 6.08 Å². The molecule has 0 unspecified atom stereocenters. The smallest absolute Gasteiger partial charge is 0.327 e. The van der Waals surface area contributed by atoms with Crippen molar-refractivity contribution >= 4 is 18.0 Å². The van der Waals surface area contributed by atoms with Crippen molar-refractivity contribution in [1.82, 2.24) is 19.7 Å². The van der Waals surface area contributed by atoms with Crippen molar-refractivity contribution in [3.8, 4) is 5.75 Å². The fourth-order valence-electron chi connectivity index (χ4n) is 5.13. The Bertz CT molecular complexity index is 1020. The van der Waals surface area contributed by atoms with Crippen molar-refractivity contribution in [2.75, 3.05) is 39.8 Å². The zero-order valence-corrected chi connectivity index (χ0v) is 20.2. The molecule has 1 aromatic carbocycles. The molecule has 3 amide bonds. The summed E-state index contributed by atoms with van der Waals surface area (Å²) in [5.74, 6) is 0.836. The summed E-state index contributed by atoms with van der Waals surface area (Å²) in [7, 11) is 1.68. The summed E-state index contributed by atoms with van der Waals surface area (Å²) in [4.78, 5) is 36.4. The molecular weight excluding hydrogens is 428 g/mol. The second-order valence-electron chi connectivity index (χ2n) is 8.92. The van der Waals surface area contributed by atoms with Crippen LogP contribution in [0.2, 0.25) is 0 Å². The van der Waals surface area contributed by atoms with Gasteiger partial charge in [0.1, 0.15) is 11.3 Å². The van der Waals surface area contributed by atoms with E-state index >= 15 is 0 Å². The molecule has 2 aliphatic heterocycles. The summed E-state index contributed by atoms with van der Waals surface area (Å²) in [6.07, 6.45) is 10.7. The number of carbonyl (C=O) groups is 2. The van der Waals surface area contributed by atoms with Crippen LogP contribution in [-0.2, 0) is 11.2 Å². The number of amides is 3. The van der Waals surface area contributed by atoms with Crippen molar-refractivity contribution in [2.45, 2.75) is 38.1 Å². The molecule has 4 rings (SSSR count). The number of aryl methyl sites for hydroxylation is 1. The molecular formula is C27H34N4O3. The zero-order chi connectivity index (χ0) is 24.0. The van der Waals surface area contributed by atoms with Crippen LogP contribution in [-0.4, -0.2) is 77.0 Å². The van der Waals surface area contributed by atoms with Crippen molar-refractivity contribution in [2.24, 2.45) is 0 Å². The number of aromatic nitrogens is 1. The molecule has 0 aliphatic carbocycles. The number of carbonyl (C=O) groups excluding carboxylic acids is 2. The van der Waals surface area contributed by atoms with Gasteiger partial charge in [0.25, 0.3) is 5.91 Å². The van der Waals surface area contributed by atoms with Crippen LogP contribution in [0, 0.1) is 0 Å². The maximum atomic E-state index is 13.5. The molecule has 3 heterocycles. The van der Waals surface area contributed by atoms with Gasteiger partial charge in [-0.1, -0.05) is 36.4 Å². The van der Waals surface area contributed by atoms with Gasteiger partial charge in [-0.3, -0.25) is 19.6 Å². The van der Waals surface area contributed by atoms with Crippen LogP contribution in [0.3, 0.4) is 0 Å². The maximum Gasteiger partial charge on any atom is 0.327 e. The molecule has 34 heavy (non-hydrogen) atoms. The molecule has 2 aromatic rings. The average molecular weight is 463 g/mol. The third-order valence-electron chi connectivity index (χ3n) is 6.99. The summed E-state index contributed by atoms with van der Waals surface area (Å²) in [6, 6.07) is 11.7. The Morgan fingerprint density at radius 3 is 2.62 bits per heavy atom. The topological polar surface area (TPSA) is 66.0 Å². The predicted octanol–water partition coefficient (Wildman–Crippen LogP) is 3.85. The Balaban J connectivity index is 1.34. The van der Waals surface area contributed by atoms with E-state index in [1.807, 2.05) is 49.5 Å². The molecule has 0 saturated carbocycles. The maximum absolute atomic E-state index is 13.5. The van der Waals surface area contributed by atoms with Gasteiger partial charge in [-0.15, -0.1) is 0 Å². The molecule has 2 aliphatic rings. The van der Waals surface area contributed by atoms with Crippen LogP contribution >= 0.6 is 0 Å². The van der Waals surface area contributed by atoms with Gasteiger partial charge in [0.05, 0.1) is 7.11 Å². The minimum absolute atomic E-state index is 0.0187. The quantitative estimate of drug-likeness (QED) is 0.530. The number of pyridine rings is 1. The van der Waals surface area contributed by atoms with Gasteiger partial charge in [0, 0.05) is 50.7 Å². The number of likely N-dealkylation sites (N-methyl/N-ethyl adjacent to an activating group) is 1. The molecule has 180 valence electrons. The number of para-hydroxylation sites is 1. The molecule has 7 nitrogen and oxygen atoms in total. The SMILES string of the molecule is CCN1C(=O)N(CCCc2cccnc2)C(=O)C12CCN(C/C=C/c1ccccc1OC)CC2. The van der Waals surface area contributed by atoms with E-state index in [0.717, 1.165) is 49.4 Å². The lowest BCUT2D eigenvalue weighted by molar-refractivity contribution is -0.135. The normalized spacial score (nSPS) is 18.4. The number of ether oxygens (including phenoxy) is 1. The molecule has 2 saturated heterocycles. The average Bonchev–Trinajstić information content (AvgIpc) is 3.06. The highest BCUT2D eigenvalue weighted by molar-refractivity contribution is 6.07. The number of imide groups is 1. The number of rotatable bonds is 9. The lowest BCUT2D eigenvalue weighted by Gasteiger charge is -2.41. The fraction of sp³-hybridized carbons (Fsp3) is 0.444. The highest BCUT2D eigenvalue weighted by Crippen LogP contribution is 2.37. The first-order chi connectivity index (χ1) is 16.6. The first-order valence-electron chi connectivity index (χ1n) is 12.1. The lowest BCUT2D eigenvalue weighted by atomic mass is 9.85. The largest absolute Gasteiger partial charge is 0.496 e. The number of likely N-dealkylation sites (tertiary alicyclic amines) is 1. The number of piperidine rings is 1. The second-order valence-corrected chi connectivity index (χ2v) is 8.92. The molecule has 0 N–H and O–H groups in total. The molecule has 0 radical (unpaired) electrons. The molecule has 0 atom stereocenters. The Kier molecular flexibility index (Phi) is 7.63. The number of hydrogen-bond donors (Lipinski definition) is 0. The fourth-order valence-corrected chi connectivity index (χ4v) is 5.13. The summed E-state index contributed by atoms with van der Waals surface area (Å²) < 4.78 is 5.41. The van der Waals surface area contributed by atoms with Gasteiger partial charge < -0.3 is 9.64 Å². The number of nitrogens with zero attached hydrogens (tertiary/aromatic N) is 4. The van der Waals surface area contributed by atoms with Gasteiger partial charge in [-0.25, -0.2) is 4.79 Å². The molecule has 1 spiro atoms. The number of benzene rings is 1. The number of hydrogen-bond acceptors (Lipinski definition) is 5. The van der Waals surface area contributed by atoms with Gasteiger partial charge in [-0.2, -0.15) is 0 Å². The Morgan fingerprint density at radius 1 is 1.12 bits per heavy atom. The standard InChI is InChI=1S/C27H34N4O3/c1-3-31-26(33)30(18-7-10-22-9-6-16-28-21-22)25(32)27(31)14-19-29(20-15-27)17-8-12-23-11-4-5-13-24(23)34-2/h4-6,8-9,11-13,16,21H,3,7,10,14-15,17-20H2,1-2H3/b12-8+. The van der Waals surface area contributed by atoms with Crippen molar-refractivity contribution < 1.29 is 14.3 Å². The number of urea groups is 1. The molecule has 7 heteroatoms. The van der Waals surface area contributed by atoms with Crippen molar-refractivity contribution in [3.63, 3.8) is 0 Å². The van der Waals surface area contributed by atoms with E-state index in [-0.39, 0.29) is 11.9 Å². The first kappa shape index (κ1) is 24.0. The summed E-state index contributed by atoms with van der Waals surface area (Å²) >= 11 is 0. The minimum atomic E-state index is -0.691. The Morgan fingerprint density at radius 2 is 1.91 bits per heavy atom. The van der Waals surface area contributed by atoms with Crippen LogP contribution < -0.4 is 4.74 Å². The monoisotopic (exact) mass is 462 g/mol. The van der Waals surface area contributed by atoms with E-state index in [1.54, 1.807) is 18.2 Å². The van der Waals surface area contributed by atoms with Crippen molar-refractivity contribution in [1.29, 1.82) is 0 Å². The minimum Gasteiger partial charge on any atom is -0.496 e. The van der Waals surface area contributed by atoms with E-state index in [4.69, 9.17) is 4.74 Å². The zero-order valence-electron chi connectivity index (χ0n) is 20.2. The van der Waals surface area contributed by atoms with Gasteiger partial charge in [0.2, 0.25) is 0 Å². The van der Waals surface area contributed by atoms with Crippen molar-refractivity contribution in [3.05, 3.63) is 66.0 Å². The van der Waals surface area contributed by atoms with E-state index in [0.29, 0.717) is 25.9 Å². The van der Waals surface area contributed by atoms with Gasteiger partial charge in [0.15, 0.2) is 0 Å². The van der Waals surface area contributed by atoms with Gasteiger partial charge in [-0.05, 0) is 50.3 Å². The molecule has 1 aromatic heterocycles.